The van der Waals surface area contributed by atoms with E-state index in [4.69, 9.17) is 19.0 Å². The molecule has 612 valence electrons. The van der Waals surface area contributed by atoms with Crippen LogP contribution in [0.3, 0.4) is 0 Å². The van der Waals surface area contributed by atoms with Gasteiger partial charge in [0, 0.05) is 59.2 Å². The maximum absolute atomic E-state index is 6.39. The van der Waals surface area contributed by atoms with Crippen molar-refractivity contribution >= 4 is 253 Å². The molecule has 0 fully saturated rings. The van der Waals surface area contributed by atoms with Crippen LogP contribution in [-0.4, -0.2) is 42.7 Å². The van der Waals surface area contributed by atoms with Crippen LogP contribution in [0.2, 0.25) is 0 Å². The van der Waals surface area contributed by atoms with Crippen LogP contribution in [-0.2, 0) is 6.42 Å². The Morgan fingerprint density at radius 1 is 0.250 bits per heavy atom. The minimum atomic E-state index is 0. The number of nitrogens with two attached hydrogens (primary N) is 1. The van der Waals surface area contributed by atoms with Gasteiger partial charge in [0.2, 0.25) is 0 Å². The van der Waals surface area contributed by atoms with Crippen molar-refractivity contribution < 1.29 is 13.3 Å². The van der Waals surface area contributed by atoms with E-state index in [9.17, 15) is 0 Å². The summed E-state index contributed by atoms with van der Waals surface area (Å²) in [5.74, 6) is 0. The third-order valence-corrected chi connectivity index (χ3v) is 30.0. The van der Waals surface area contributed by atoms with Crippen LogP contribution in [0, 0.1) is 0 Å². The van der Waals surface area contributed by atoms with Crippen LogP contribution in [0.4, 0.5) is 22.7 Å². The van der Waals surface area contributed by atoms with E-state index in [0.717, 1.165) is 94.4 Å². The normalized spacial score (nSPS) is 11.5. The molecule has 0 saturated carbocycles. The summed E-state index contributed by atoms with van der Waals surface area (Å²) >= 11 is 7.92. The molecule has 0 bridgehead atoms. The van der Waals surface area contributed by atoms with Gasteiger partial charge in [0.15, 0.2) is 0 Å². The maximum atomic E-state index is 6.39. The molecule has 0 atom stereocenters. The number of hydrogen-bond donors (Lipinski definition) is 1. The summed E-state index contributed by atoms with van der Waals surface area (Å²) in [5, 5.41) is 19.9. The Morgan fingerprint density at radius 2 is 0.602 bits per heavy atom. The third-order valence-electron chi connectivity index (χ3n) is 24.2. The molecule has 2 N–H and O–H groups in total. The molecule has 0 amide bonds. The SMILES string of the molecule is Brc1ccc2[se]c3ccccc3c2c1.Brc1ccc2c3ccccc3n(-c3ccccc3)c2c1.C.Nc1cccc2oc3ccccc3c12.c1ccc(-n2c3ccccc3c3ccc(Cc4cccc5oc6ccccc6c45)cc32)cc1.c1ccc(-n2c3ccccc3c3ccc(N(c4ccc5[se]c6ccccc6c5c4)c4cccc5oc6ccccc6c45)cc32)cc1. The molecule has 0 radical (unpaired) electrons. The fraction of sp³-hybridized carbons (Fsp3) is 0.0172. The third kappa shape index (κ3) is 14.3. The first-order valence-electron chi connectivity index (χ1n) is 42.4. The topological polar surface area (TPSA) is 83.5 Å². The number of nitrogen functional groups attached to an aromatic ring is 1. The molecule has 0 aliphatic carbocycles. The van der Waals surface area contributed by atoms with Crippen LogP contribution in [0.25, 0.3) is 187 Å². The Balaban J connectivity index is 0.000000102. The summed E-state index contributed by atoms with van der Waals surface area (Å²) in [6.07, 6.45) is 0.854. The van der Waals surface area contributed by atoms with Crippen molar-refractivity contribution in [2.75, 3.05) is 10.6 Å². The van der Waals surface area contributed by atoms with E-state index >= 15 is 0 Å². The molecule has 27 rings (SSSR count). The molecule has 0 aliphatic heterocycles. The average Bonchev–Trinajstić information content (AvgIpc) is 1.54. The molecule has 128 heavy (non-hydrogen) atoms. The second-order valence-electron chi connectivity index (χ2n) is 31.8. The zero-order valence-corrected chi connectivity index (χ0v) is 75.0. The first kappa shape index (κ1) is 79.5. The Morgan fingerprint density at radius 3 is 1.15 bits per heavy atom. The quantitative estimate of drug-likeness (QED) is 0.121. The van der Waals surface area contributed by atoms with Gasteiger partial charge in [-0.25, -0.2) is 0 Å². The van der Waals surface area contributed by atoms with Gasteiger partial charge in [0.1, 0.15) is 22.3 Å². The molecular weight excluding hydrogens is 1830 g/mol. The second-order valence-corrected chi connectivity index (χ2v) is 38.1. The molecule has 8 nitrogen and oxygen atoms in total. The van der Waals surface area contributed by atoms with Gasteiger partial charge in [-0.3, -0.25) is 0 Å². The van der Waals surface area contributed by atoms with Crippen LogP contribution in [0.1, 0.15) is 18.6 Å². The van der Waals surface area contributed by atoms with Crippen LogP contribution < -0.4 is 10.6 Å². The predicted molar refractivity (Wildman–Crippen MR) is 551 cm³/mol. The minimum absolute atomic E-state index is 0. The van der Waals surface area contributed by atoms with Gasteiger partial charge in [-0.15, -0.1) is 0 Å². The van der Waals surface area contributed by atoms with Gasteiger partial charge in [0.05, 0.1) is 27.5 Å². The van der Waals surface area contributed by atoms with Crippen molar-refractivity contribution in [3.05, 3.63) is 451 Å². The Labute approximate surface area is 766 Å². The number of anilines is 4. The number of hydrogen-bond acceptors (Lipinski definition) is 5. The number of rotatable bonds is 8. The molecule has 0 saturated heterocycles. The van der Waals surface area contributed by atoms with E-state index in [2.05, 4.69) is 414 Å². The first-order valence-corrected chi connectivity index (χ1v) is 47.4. The summed E-state index contributed by atoms with van der Waals surface area (Å²) in [6, 6.07) is 152. The van der Waals surface area contributed by atoms with Gasteiger partial charge < -0.3 is 23.7 Å². The number of para-hydroxylation sites is 9. The summed E-state index contributed by atoms with van der Waals surface area (Å²) in [7, 11) is 0. The summed E-state index contributed by atoms with van der Waals surface area (Å²) in [4.78, 5) is 2.42. The van der Waals surface area contributed by atoms with Crippen molar-refractivity contribution in [2.24, 2.45) is 0 Å². The van der Waals surface area contributed by atoms with E-state index in [1.165, 1.54) is 142 Å². The summed E-state index contributed by atoms with van der Waals surface area (Å²) in [6.45, 7) is 0. The Hall–Kier alpha value is -14.4. The van der Waals surface area contributed by atoms with Gasteiger partial charge in [0.25, 0.3) is 0 Å². The molecule has 0 aliphatic rings. The van der Waals surface area contributed by atoms with Crippen molar-refractivity contribution in [1.29, 1.82) is 0 Å². The zero-order chi connectivity index (χ0) is 84.6. The average molecular weight is 1910 g/mol. The number of fused-ring (bicyclic) bond motifs is 24. The summed E-state index contributed by atoms with van der Waals surface area (Å²) in [5.41, 5.74) is 28.9. The molecule has 8 heterocycles. The fourth-order valence-corrected chi connectivity index (χ4v) is 23.9. The standard InChI is InChI=1S/C42H26N2OSe.C31H21NO.C18H12BrN.C12H7BrSe.C12H9NO.CH4/c1-2-11-27(12-3-1)44-35-16-7-4-13-30(35)31-23-21-29(26-37(31)44)43(28-22-24-41-34(25-28)32-14-6-9-20-40(32)46-41)36-17-10-19-39-42(36)33-15-5-8-18-38(33)45-39;1-2-10-23(11-3-1)32-27-14-6-4-12-24(27)25-18-17-21(20-28(25)32)19-22-9-8-16-30-31(22)26-13-5-7-15-29(26)33-30;19-13-10-11-16-15-8-4-5-9-17(15)20(18(16)12-13)14-6-2-1-3-7-14;13-8-5-6-12-10(7-8)9-3-1-2-4-11(9)14-12;13-9-5-3-7-11-12(9)8-4-1-2-6-10(8)14-11;/h1-26H;1-18,20H,19H2;1-12H;1-7H;1-7H,13H2;1H4. The zero-order valence-electron chi connectivity index (χ0n) is 68.4. The van der Waals surface area contributed by atoms with E-state index in [1.807, 2.05) is 66.7 Å². The first-order chi connectivity index (χ1) is 62.7. The Kier molecular flexibility index (Phi) is 21.0. The van der Waals surface area contributed by atoms with Gasteiger partial charge >= 0.3 is 362 Å². The number of halogens is 2. The molecule has 19 aromatic carbocycles. The molecular formula is C116H79Br2N5O3Se2. The van der Waals surface area contributed by atoms with E-state index in [1.54, 1.807) is 0 Å². The number of benzene rings is 19. The van der Waals surface area contributed by atoms with E-state index in [-0.39, 0.29) is 7.43 Å². The fourth-order valence-electron chi connectivity index (χ4n) is 18.7. The number of nitrogens with zero attached hydrogens (tertiary/aromatic N) is 4. The second kappa shape index (κ2) is 33.8. The molecule has 27 aromatic rings. The van der Waals surface area contributed by atoms with Crippen LogP contribution in [0.5, 0.6) is 0 Å². The molecule has 0 unspecified atom stereocenters. The van der Waals surface area contributed by atoms with Gasteiger partial charge in [-0.2, -0.15) is 0 Å². The van der Waals surface area contributed by atoms with Crippen molar-refractivity contribution in [1.82, 2.24) is 13.7 Å². The van der Waals surface area contributed by atoms with Crippen LogP contribution in [0.15, 0.2) is 453 Å². The number of furan rings is 3. The van der Waals surface area contributed by atoms with E-state index < -0.39 is 0 Å². The predicted octanol–water partition coefficient (Wildman–Crippen LogP) is 33.0. The van der Waals surface area contributed by atoms with Crippen molar-refractivity contribution in [2.45, 2.75) is 13.8 Å². The van der Waals surface area contributed by atoms with Gasteiger partial charge in [-0.1, -0.05) is 175 Å². The van der Waals surface area contributed by atoms with Gasteiger partial charge in [-0.05, 0) is 102 Å². The Bertz CT molecular complexity index is 8900. The van der Waals surface area contributed by atoms with Crippen molar-refractivity contribution in [3.63, 3.8) is 0 Å². The molecule has 8 aromatic heterocycles. The van der Waals surface area contributed by atoms with E-state index in [0.29, 0.717) is 29.0 Å². The monoisotopic (exact) mass is 1910 g/mol. The van der Waals surface area contributed by atoms with Crippen molar-refractivity contribution in [3.8, 4) is 17.1 Å². The number of aromatic nitrogens is 3. The summed E-state index contributed by atoms with van der Waals surface area (Å²) < 4.78 is 33.4. The molecule has 0 spiro atoms. The molecule has 12 heteroatoms. The van der Waals surface area contributed by atoms with Crippen LogP contribution >= 0.6 is 31.9 Å².